The van der Waals surface area contributed by atoms with Gasteiger partial charge in [0.2, 0.25) is 20.0 Å². The molecule has 1 aliphatic heterocycles. The standard InChI is InChI=1S/C14H20ClN3O5S2/c1-2-24(20,21)18-7-5-10(6-8-18)17-14(19)12-9-11(25(16,22)23)3-4-13(12)15/h3-4,9-10H,2,5-8H2,1H3,(H,17,19)(H2,16,22,23). The van der Waals surface area contributed by atoms with E-state index in [1.54, 1.807) is 6.92 Å². The van der Waals surface area contributed by atoms with Crippen molar-refractivity contribution in [2.45, 2.75) is 30.7 Å². The van der Waals surface area contributed by atoms with Crippen molar-refractivity contribution >= 4 is 37.6 Å². The Morgan fingerprint density at radius 1 is 1.28 bits per heavy atom. The monoisotopic (exact) mass is 409 g/mol. The second-order valence-electron chi connectivity index (χ2n) is 5.73. The first-order chi connectivity index (χ1) is 11.5. The van der Waals surface area contributed by atoms with Gasteiger partial charge >= 0.3 is 0 Å². The fraction of sp³-hybridized carbons (Fsp3) is 0.500. The van der Waals surface area contributed by atoms with Gasteiger partial charge < -0.3 is 5.32 Å². The molecule has 0 atom stereocenters. The highest BCUT2D eigenvalue weighted by Gasteiger charge is 2.28. The van der Waals surface area contributed by atoms with E-state index in [9.17, 15) is 21.6 Å². The number of rotatable bonds is 5. The van der Waals surface area contributed by atoms with Crippen molar-refractivity contribution in [2.75, 3.05) is 18.8 Å². The fourth-order valence-corrected chi connectivity index (χ4v) is 4.45. The van der Waals surface area contributed by atoms with Crippen molar-refractivity contribution in [1.29, 1.82) is 0 Å². The summed E-state index contributed by atoms with van der Waals surface area (Å²) in [5, 5.41) is 7.94. The molecule has 1 aliphatic rings. The number of amides is 1. The Labute approximate surface area is 152 Å². The Morgan fingerprint density at radius 2 is 1.88 bits per heavy atom. The van der Waals surface area contributed by atoms with E-state index in [4.69, 9.17) is 16.7 Å². The van der Waals surface area contributed by atoms with Crippen LogP contribution in [-0.2, 0) is 20.0 Å². The summed E-state index contributed by atoms with van der Waals surface area (Å²) in [5.74, 6) is -0.479. The van der Waals surface area contributed by atoms with Crippen molar-refractivity contribution in [2.24, 2.45) is 5.14 Å². The Bertz CT molecular complexity index is 862. The molecule has 0 radical (unpaired) electrons. The lowest BCUT2D eigenvalue weighted by molar-refractivity contribution is 0.0924. The first kappa shape index (κ1) is 20.1. The summed E-state index contributed by atoms with van der Waals surface area (Å²) < 4.78 is 47.9. The van der Waals surface area contributed by atoms with Crippen LogP contribution < -0.4 is 10.5 Å². The largest absolute Gasteiger partial charge is 0.349 e. The first-order valence-electron chi connectivity index (χ1n) is 7.65. The molecule has 0 bridgehead atoms. The van der Waals surface area contributed by atoms with E-state index < -0.39 is 26.0 Å². The van der Waals surface area contributed by atoms with Gasteiger partial charge in [-0.15, -0.1) is 0 Å². The minimum absolute atomic E-state index is 0.0109. The average molecular weight is 410 g/mol. The van der Waals surface area contributed by atoms with E-state index in [-0.39, 0.29) is 27.3 Å². The number of primary sulfonamides is 1. The summed E-state index contributed by atoms with van der Waals surface area (Å²) in [5.41, 5.74) is 0.0109. The smallest absolute Gasteiger partial charge is 0.253 e. The van der Waals surface area contributed by atoms with E-state index >= 15 is 0 Å². The van der Waals surface area contributed by atoms with Crippen LogP contribution in [0, 0.1) is 0 Å². The molecule has 1 aromatic carbocycles. The second kappa shape index (κ2) is 7.58. The third kappa shape index (κ3) is 4.91. The maximum atomic E-state index is 12.4. The van der Waals surface area contributed by atoms with Crippen LogP contribution in [0.25, 0.3) is 0 Å². The molecule has 0 spiro atoms. The number of benzene rings is 1. The molecule has 11 heteroatoms. The van der Waals surface area contributed by atoms with Crippen molar-refractivity contribution < 1.29 is 21.6 Å². The molecule has 25 heavy (non-hydrogen) atoms. The summed E-state index contributed by atoms with van der Waals surface area (Å²) >= 11 is 5.98. The zero-order chi connectivity index (χ0) is 18.8. The molecule has 1 heterocycles. The van der Waals surface area contributed by atoms with Gasteiger partial charge in [-0.3, -0.25) is 4.79 Å². The molecular weight excluding hydrogens is 390 g/mol. The van der Waals surface area contributed by atoms with E-state index in [2.05, 4.69) is 5.32 Å². The number of halogens is 1. The molecule has 1 fully saturated rings. The zero-order valence-corrected chi connectivity index (χ0v) is 16.0. The molecule has 140 valence electrons. The van der Waals surface area contributed by atoms with Crippen molar-refractivity contribution in [3.8, 4) is 0 Å². The number of nitrogens with zero attached hydrogens (tertiary/aromatic N) is 1. The topological polar surface area (TPSA) is 127 Å². The molecule has 2 rings (SSSR count). The highest BCUT2D eigenvalue weighted by Crippen LogP contribution is 2.21. The predicted molar refractivity (Wildman–Crippen MR) is 94.3 cm³/mol. The first-order valence-corrected chi connectivity index (χ1v) is 11.2. The number of hydrogen-bond acceptors (Lipinski definition) is 5. The van der Waals surface area contributed by atoms with Crippen LogP contribution in [0.5, 0.6) is 0 Å². The van der Waals surface area contributed by atoms with Gasteiger partial charge in [0.1, 0.15) is 0 Å². The molecule has 1 amide bonds. The third-order valence-corrected chi connectivity index (χ3v) is 7.18. The quantitative estimate of drug-likeness (QED) is 0.733. The highest BCUT2D eigenvalue weighted by atomic mass is 35.5. The van der Waals surface area contributed by atoms with Crippen molar-refractivity contribution in [1.82, 2.24) is 9.62 Å². The summed E-state index contributed by atoms with van der Waals surface area (Å²) in [6.45, 7) is 2.24. The minimum atomic E-state index is -3.95. The third-order valence-electron chi connectivity index (χ3n) is 4.06. The summed E-state index contributed by atoms with van der Waals surface area (Å²) in [4.78, 5) is 12.2. The summed E-state index contributed by atoms with van der Waals surface area (Å²) in [6.07, 6.45) is 0.939. The number of nitrogens with one attached hydrogen (secondary N) is 1. The lowest BCUT2D eigenvalue weighted by Crippen LogP contribution is -2.46. The Hall–Kier alpha value is -1.20. The molecule has 0 aromatic heterocycles. The van der Waals surface area contributed by atoms with E-state index in [1.165, 1.54) is 16.4 Å². The van der Waals surface area contributed by atoms with Crippen LogP contribution in [0.3, 0.4) is 0 Å². The lowest BCUT2D eigenvalue weighted by Gasteiger charge is -2.31. The molecule has 1 saturated heterocycles. The molecule has 0 saturated carbocycles. The normalized spacial score (nSPS) is 17.4. The van der Waals surface area contributed by atoms with E-state index in [1.807, 2.05) is 0 Å². The van der Waals surface area contributed by atoms with Crippen LogP contribution in [0.4, 0.5) is 0 Å². The maximum absolute atomic E-state index is 12.4. The predicted octanol–water partition coefficient (Wildman–Crippen LogP) is 0.531. The van der Waals surface area contributed by atoms with Gasteiger partial charge in [0.15, 0.2) is 0 Å². The number of nitrogens with two attached hydrogens (primary N) is 1. The fourth-order valence-electron chi connectivity index (χ4n) is 2.58. The van der Waals surface area contributed by atoms with E-state index in [0.29, 0.717) is 25.9 Å². The molecule has 0 aliphatic carbocycles. The average Bonchev–Trinajstić information content (AvgIpc) is 2.54. The van der Waals surface area contributed by atoms with E-state index in [0.717, 1.165) is 6.07 Å². The summed E-state index contributed by atoms with van der Waals surface area (Å²) in [6, 6.07) is 3.43. The number of carbonyl (C=O) groups is 1. The Balaban J connectivity index is 2.07. The van der Waals surface area contributed by atoms with Crippen molar-refractivity contribution in [3.05, 3.63) is 28.8 Å². The number of hydrogen-bond donors (Lipinski definition) is 2. The van der Waals surface area contributed by atoms with Gasteiger partial charge in [-0.25, -0.2) is 26.3 Å². The highest BCUT2D eigenvalue weighted by molar-refractivity contribution is 7.89. The molecule has 8 nitrogen and oxygen atoms in total. The van der Waals surface area contributed by atoms with Crippen LogP contribution in [0.2, 0.25) is 5.02 Å². The molecule has 3 N–H and O–H groups in total. The maximum Gasteiger partial charge on any atom is 0.253 e. The van der Waals surface area contributed by atoms with Crippen LogP contribution in [0.15, 0.2) is 23.1 Å². The molecule has 1 aromatic rings. The van der Waals surface area contributed by atoms with Crippen LogP contribution >= 0.6 is 11.6 Å². The van der Waals surface area contributed by atoms with Crippen LogP contribution in [-0.4, -0.2) is 51.9 Å². The van der Waals surface area contributed by atoms with Crippen molar-refractivity contribution in [3.63, 3.8) is 0 Å². The van der Waals surface area contributed by atoms with Gasteiger partial charge in [-0.05, 0) is 38.0 Å². The zero-order valence-electron chi connectivity index (χ0n) is 13.6. The van der Waals surface area contributed by atoms with Gasteiger partial charge in [0.05, 0.1) is 21.2 Å². The molecular formula is C14H20ClN3O5S2. The Kier molecular flexibility index (Phi) is 6.10. The Morgan fingerprint density at radius 3 is 2.40 bits per heavy atom. The number of carbonyl (C=O) groups excluding carboxylic acids is 1. The van der Waals surface area contributed by atoms with Gasteiger partial charge in [0, 0.05) is 19.1 Å². The number of sulfonamides is 2. The lowest BCUT2D eigenvalue weighted by atomic mass is 10.1. The van der Waals surface area contributed by atoms with Gasteiger partial charge in [-0.1, -0.05) is 11.6 Å². The number of piperidine rings is 1. The minimum Gasteiger partial charge on any atom is -0.349 e. The molecule has 0 unspecified atom stereocenters. The van der Waals surface area contributed by atoms with Crippen LogP contribution in [0.1, 0.15) is 30.1 Å². The SMILES string of the molecule is CCS(=O)(=O)N1CCC(NC(=O)c2cc(S(N)(=O)=O)ccc2Cl)CC1. The summed E-state index contributed by atoms with van der Waals surface area (Å²) in [7, 11) is -7.18. The van der Waals surface area contributed by atoms with Gasteiger partial charge in [-0.2, -0.15) is 0 Å². The van der Waals surface area contributed by atoms with Gasteiger partial charge in [0.25, 0.3) is 5.91 Å². The second-order valence-corrected chi connectivity index (χ2v) is 9.96.